The summed E-state index contributed by atoms with van der Waals surface area (Å²) < 4.78 is 0. The maximum absolute atomic E-state index is 12.3. The lowest BCUT2D eigenvalue weighted by Gasteiger charge is -2.34. The van der Waals surface area contributed by atoms with Crippen LogP contribution in [0.5, 0.6) is 0 Å². The van der Waals surface area contributed by atoms with Crippen molar-refractivity contribution in [3.8, 4) is 0 Å². The molecule has 0 aromatic heterocycles. The number of aliphatic hydroxyl groups is 1. The van der Waals surface area contributed by atoms with E-state index in [9.17, 15) is 9.90 Å². The van der Waals surface area contributed by atoms with E-state index in [0.29, 0.717) is 6.54 Å². The summed E-state index contributed by atoms with van der Waals surface area (Å²) in [5.74, 6) is 0.0444. The topological polar surface area (TPSA) is 67.8 Å². The van der Waals surface area contributed by atoms with Crippen molar-refractivity contribution in [2.45, 2.75) is 44.6 Å². The number of piperazine rings is 1. The van der Waals surface area contributed by atoms with Gasteiger partial charge in [0, 0.05) is 50.0 Å². The number of carbonyl (C=O) groups excluding carboxylic acids is 1. The number of rotatable bonds is 2. The first kappa shape index (κ1) is 15.9. The Morgan fingerprint density at radius 3 is 2.75 bits per heavy atom. The van der Waals surface area contributed by atoms with Gasteiger partial charge in [-0.05, 0) is 37.5 Å². The van der Waals surface area contributed by atoms with E-state index in [0.717, 1.165) is 50.1 Å². The molecule has 1 amide bonds. The van der Waals surface area contributed by atoms with Gasteiger partial charge in [-0.2, -0.15) is 0 Å². The number of aliphatic hydroxyl groups excluding tert-OH is 1. The highest BCUT2D eigenvalue weighted by atomic mass is 16.3. The molecule has 0 saturated carbocycles. The largest absolute Gasteiger partial charge is 0.374 e. The lowest BCUT2D eigenvalue weighted by molar-refractivity contribution is -0.135. The predicted octanol–water partition coefficient (Wildman–Crippen LogP) is 0.570. The van der Waals surface area contributed by atoms with Gasteiger partial charge in [-0.25, -0.2) is 0 Å². The number of nitrogens with one attached hydrogen (secondary N) is 2. The van der Waals surface area contributed by atoms with Crippen molar-refractivity contribution in [3.63, 3.8) is 0 Å². The normalized spacial score (nSPS) is 31.0. The van der Waals surface area contributed by atoms with Gasteiger partial charge in [0.2, 0.25) is 5.91 Å². The van der Waals surface area contributed by atoms with Gasteiger partial charge in [0.05, 0.1) is 6.04 Å². The van der Waals surface area contributed by atoms with Gasteiger partial charge in [0.25, 0.3) is 0 Å². The fourth-order valence-corrected chi connectivity index (χ4v) is 4.11. The summed E-state index contributed by atoms with van der Waals surface area (Å²) in [6.07, 6.45) is 1.09. The summed E-state index contributed by atoms with van der Waals surface area (Å²) in [5.41, 5.74) is 3.30. The summed E-state index contributed by atoms with van der Waals surface area (Å²) in [6, 6.07) is 6.31. The average Bonchev–Trinajstić information content (AvgIpc) is 2.92. The van der Waals surface area contributed by atoms with E-state index in [1.165, 1.54) is 5.69 Å². The number of hydrogen-bond donors (Lipinski definition) is 3. The molecule has 0 bridgehead atoms. The zero-order chi connectivity index (χ0) is 16.7. The molecule has 3 N–H and O–H groups in total. The molecule has 4 rings (SSSR count). The van der Waals surface area contributed by atoms with E-state index in [-0.39, 0.29) is 18.0 Å². The number of nitrogens with zero attached hydrogens (tertiary/aromatic N) is 2. The van der Waals surface area contributed by atoms with Gasteiger partial charge in [0.15, 0.2) is 0 Å². The fraction of sp³-hybridized carbons (Fsp3) is 0.611. The Balaban J connectivity index is 1.53. The molecule has 2 fully saturated rings. The third kappa shape index (κ3) is 2.79. The summed E-state index contributed by atoms with van der Waals surface area (Å²) in [4.78, 5) is 16.6. The first-order valence-corrected chi connectivity index (χ1v) is 8.96. The van der Waals surface area contributed by atoms with Gasteiger partial charge in [-0.1, -0.05) is 6.07 Å². The van der Waals surface area contributed by atoms with Gasteiger partial charge >= 0.3 is 0 Å². The quantitative estimate of drug-likeness (QED) is 0.740. The average molecular weight is 330 g/mol. The van der Waals surface area contributed by atoms with Crippen molar-refractivity contribution in [2.24, 2.45) is 0 Å². The van der Waals surface area contributed by atoms with Crippen molar-refractivity contribution in [2.75, 3.05) is 31.1 Å². The van der Waals surface area contributed by atoms with Gasteiger partial charge in [0.1, 0.15) is 6.23 Å². The highest BCUT2D eigenvalue weighted by Crippen LogP contribution is 2.37. The van der Waals surface area contributed by atoms with Crippen LogP contribution < -0.4 is 15.5 Å². The molecule has 130 valence electrons. The molecule has 6 heteroatoms. The Kier molecular flexibility index (Phi) is 4.20. The summed E-state index contributed by atoms with van der Waals surface area (Å²) >= 11 is 0. The molecule has 6 nitrogen and oxygen atoms in total. The molecular weight excluding hydrogens is 304 g/mol. The number of carbonyl (C=O) groups is 1. The van der Waals surface area contributed by atoms with Crippen LogP contribution in [-0.2, 0) is 11.3 Å². The maximum atomic E-state index is 12.3. The van der Waals surface area contributed by atoms with Crippen molar-refractivity contribution in [3.05, 3.63) is 29.3 Å². The maximum Gasteiger partial charge on any atom is 0.237 e. The standard InChI is InChI=1S/C18H26N4O2/c1-12-2-5-16(17(23)20-12)22-11-13-10-14(3-4-15(13)18(22)24)21-8-6-19-7-9-21/h3-4,10,12,16,18-19,24H,2,5-9,11H2,1H3,(H,20,23). The summed E-state index contributed by atoms with van der Waals surface area (Å²) in [7, 11) is 0. The van der Waals surface area contributed by atoms with E-state index in [2.05, 4.69) is 27.7 Å². The zero-order valence-corrected chi connectivity index (χ0v) is 14.2. The van der Waals surface area contributed by atoms with E-state index in [1.807, 2.05) is 17.9 Å². The van der Waals surface area contributed by atoms with Crippen LogP contribution >= 0.6 is 0 Å². The molecule has 1 aromatic carbocycles. The molecule has 3 heterocycles. The van der Waals surface area contributed by atoms with Crippen LogP contribution in [-0.4, -0.2) is 54.2 Å². The van der Waals surface area contributed by atoms with Crippen LogP contribution in [0.15, 0.2) is 18.2 Å². The van der Waals surface area contributed by atoms with Gasteiger partial charge < -0.3 is 20.6 Å². The Morgan fingerprint density at radius 1 is 1.21 bits per heavy atom. The molecule has 24 heavy (non-hydrogen) atoms. The monoisotopic (exact) mass is 330 g/mol. The van der Waals surface area contributed by atoms with Crippen LogP contribution in [0.25, 0.3) is 0 Å². The van der Waals surface area contributed by atoms with E-state index in [1.54, 1.807) is 0 Å². The van der Waals surface area contributed by atoms with Crippen LogP contribution in [0, 0.1) is 0 Å². The van der Waals surface area contributed by atoms with Crippen LogP contribution in [0.1, 0.15) is 37.1 Å². The number of anilines is 1. The first-order chi connectivity index (χ1) is 11.6. The Hall–Kier alpha value is -1.63. The SMILES string of the molecule is CC1CCC(N2Cc3cc(N4CCNCC4)ccc3C2O)C(=O)N1. The van der Waals surface area contributed by atoms with Crippen molar-refractivity contribution in [1.29, 1.82) is 0 Å². The smallest absolute Gasteiger partial charge is 0.237 e. The lowest BCUT2D eigenvalue weighted by atomic mass is 10.00. The molecule has 3 atom stereocenters. The molecule has 1 aromatic rings. The molecule has 3 aliphatic rings. The van der Waals surface area contributed by atoms with E-state index >= 15 is 0 Å². The zero-order valence-electron chi connectivity index (χ0n) is 14.2. The molecular formula is C18H26N4O2. The Bertz CT molecular complexity index is 629. The first-order valence-electron chi connectivity index (χ1n) is 8.96. The highest BCUT2D eigenvalue weighted by Gasteiger charge is 2.39. The van der Waals surface area contributed by atoms with Crippen LogP contribution in [0.4, 0.5) is 5.69 Å². The summed E-state index contributed by atoms with van der Waals surface area (Å²) in [6.45, 7) is 6.70. The number of hydrogen-bond acceptors (Lipinski definition) is 5. The van der Waals surface area contributed by atoms with Gasteiger partial charge in [-0.3, -0.25) is 9.69 Å². The Labute approximate surface area is 142 Å². The van der Waals surface area contributed by atoms with E-state index in [4.69, 9.17) is 0 Å². The molecule has 3 unspecified atom stereocenters. The minimum atomic E-state index is -0.679. The number of benzene rings is 1. The third-order valence-electron chi connectivity index (χ3n) is 5.52. The number of fused-ring (bicyclic) bond motifs is 1. The summed E-state index contributed by atoms with van der Waals surface area (Å²) in [5, 5.41) is 17.1. The van der Waals surface area contributed by atoms with E-state index < -0.39 is 6.23 Å². The second kappa shape index (κ2) is 6.35. The number of amides is 1. The fourth-order valence-electron chi connectivity index (χ4n) is 4.11. The third-order valence-corrected chi connectivity index (χ3v) is 5.52. The molecule has 2 saturated heterocycles. The van der Waals surface area contributed by atoms with Crippen molar-refractivity contribution >= 4 is 11.6 Å². The number of piperidine rings is 1. The molecule has 0 spiro atoms. The van der Waals surface area contributed by atoms with Crippen molar-refractivity contribution in [1.82, 2.24) is 15.5 Å². The predicted molar refractivity (Wildman–Crippen MR) is 92.7 cm³/mol. The van der Waals surface area contributed by atoms with Crippen molar-refractivity contribution < 1.29 is 9.90 Å². The highest BCUT2D eigenvalue weighted by molar-refractivity contribution is 5.83. The van der Waals surface area contributed by atoms with Crippen LogP contribution in [0.3, 0.4) is 0 Å². The van der Waals surface area contributed by atoms with Crippen LogP contribution in [0.2, 0.25) is 0 Å². The second-order valence-electron chi connectivity index (χ2n) is 7.17. The lowest BCUT2D eigenvalue weighted by Crippen LogP contribution is -2.52. The minimum Gasteiger partial charge on any atom is -0.374 e. The second-order valence-corrected chi connectivity index (χ2v) is 7.17. The molecule has 0 aliphatic carbocycles. The Morgan fingerprint density at radius 2 is 2.00 bits per heavy atom. The molecule has 3 aliphatic heterocycles. The minimum absolute atomic E-state index is 0.0444. The van der Waals surface area contributed by atoms with Gasteiger partial charge in [-0.15, -0.1) is 0 Å². The molecule has 0 radical (unpaired) electrons.